The van der Waals surface area contributed by atoms with Gasteiger partial charge in [0.1, 0.15) is 0 Å². The minimum Gasteiger partial charge on any atom is -0.310 e. The zero-order valence-electron chi connectivity index (χ0n) is 19.3. The Labute approximate surface area is 207 Å². The van der Waals surface area contributed by atoms with Crippen molar-refractivity contribution in [3.05, 3.63) is 69.6 Å². The van der Waals surface area contributed by atoms with Crippen LogP contribution in [-0.4, -0.2) is 34.0 Å². The van der Waals surface area contributed by atoms with Crippen molar-refractivity contribution in [1.82, 2.24) is 20.6 Å². The van der Waals surface area contributed by atoms with Gasteiger partial charge in [-0.2, -0.15) is 5.10 Å². The summed E-state index contributed by atoms with van der Waals surface area (Å²) < 4.78 is 1.30. The summed E-state index contributed by atoms with van der Waals surface area (Å²) in [4.78, 5) is 52.4. The molecule has 3 amide bonds. The average molecular weight is 496 g/mol. The number of nitrogens with zero attached hydrogens (tertiary/aromatic N) is 3. The van der Waals surface area contributed by atoms with E-state index in [1.165, 1.54) is 9.58 Å². The van der Waals surface area contributed by atoms with Crippen LogP contribution in [0.3, 0.4) is 0 Å². The largest absolute Gasteiger partial charge is 0.310 e. The van der Waals surface area contributed by atoms with Crippen molar-refractivity contribution in [3.63, 3.8) is 0 Å². The van der Waals surface area contributed by atoms with Crippen molar-refractivity contribution >= 4 is 45.8 Å². The lowest BCUT2D eigenvalue weighted by Crippen LogP contribution is -2.46. The number of rotatable bonds is 7. The zero-order valence-corrected chi connectivity index (χ0v) is 20.0. The van der Waals surface area contributed by atoms with E-state index < -0.39 is 17.7 Å². The lowest BCUT2D eigenvalue weighted by atomic mass is 10.1. The molecule has 1 aliphatic heterocycles. The van der Waals surface area contributed by atoms with Crippen LogP contribution in [0.5, 0.6) is 0 Å². The van der Waals surface area contributed by atoms with E-state index >= 15 is 0 Å². The fraction of sp³-hybridized carbons (Fsp3) is 0.320. The highest BCUT2D eigenvalue weighted by Gasteiger charge is 2.36. The number of aromatic nitrogens is 2. The van der Waals surface area contributed by atoms with E-state index in [1.807, 2.05) is 0 Å². The molecule has 1 aromatic heterocycles. The summed E-state index contributed by atoms with van der Waals surface area (Å²) in [7, 11) is 0. The Bertz CT molecular complexity index is 1340. The van der Waals surface area contributed by atoms with Crippen molar-refractivity contribution in [2.75, 3.05) is 11.4 Å². The van der Waals surface area contributed by atoms with Crippen LogP contribution in [-0.2, 0) is 16.1 Å². The first-order valence-corrected chi connectivity index (χ1v) is 11.9. The molecule has 182 valence electrons. The fourth-order valence-electron chi connectivity index (χ4n) is 4.13. The van der Waals surface area contributed by atoms with Gasteiger partial charge >= 0.3 is 0 Å². The standard InChI is InChI=1S/C25H26ClN5O4/c1-2-3-8-13-31-25(35)18-10-5-4-9-17(18)22(29-31)24(34)28-27-23(33)16-14-21(32)30(15-16)20-12-7-6-11-19(20)26/h4-7,9-12,16H,2-3,8,13-15H2,1H3,(H,27,33)(H,28,34)/t16-/m1/s1. The molecule has 0 spiro atoms. The molecular weight excluding hydrogens is 470 g/mol. The average Bonchev–Trinajstić information content (AvgIpc) is 3.25. The number of anilines is 1. The lowest BCUT2D eigenvalue weighted by molar-refractivity contribution is -0.126. The van der Waals surface area contributed by atoms with Gasteiger partial charge in [0.25, 0.3) is 11.5 Å². The van der Waals surface area contributed by atoms with E-state index in [0.717, 1.165) is 19.3 Å². The molecule has 9 nitrogen and oxygen atoms in total. The van der Waals surface area contributed by atoms with Crippen LogP contribution in [0.1, 0.15) is 43.1 Å². The monoisotopic (exact) mass is 495 g/mol. The molecule has 2 N–H and O–H groups in total. The summed E-state index contributed by atoms with van der Waals surface area (Å²) in [5, 5.41) is 5.49. The van der Waals surface area contributed by atoms with E-state index in [4.69, 9.17) is 11.6 Å². The molecule has 0 bridgehead atoms. The minimum absolute atomic E-state index is 0.00356. The molecule has 0 saturated carbocycles. The summed E-state index contributed by atoms with van der Waals surface area (Å²) in [5.74, 6) is -2.03. The van der Waals surface area contributed by atoms with Crippen molar-refractivity contribution in [3.8, 4) is 0 Å². The van der Waals surface area contributed by atoms with Gasteiger partial charge in [-0.1, -0.05) is 61.7 Å². The highest BCUT2D eigenvalue weighted by atomic mass is 35.5. The second kappa shape index (κ2) is 10.7. The number of unbranched alkanes of at least 4 members (excludes halogenated alkanes) is 2. The van der Waals surface area contributed by atoms with Gasteiger partial charge in [0, 0.05) is 24.9 Å². The molecule has 2 aromatic carbocycles. The number of hydrogen-bond donors (Lipinski definition) is 2. The number of nitrogens with one attached hydrogen (secondary N) is 2. The summed E-state index contributed by atoms with van der Waals surface area (Å²) in [5.41, 5.74) is 5.11. The molecule has 1 aliphatic rings. The lowest BCUT2D eigenvalue weighted by Gasteiger charge is -2.18. The molecule has 0 aliphatic carbocycles. The third-order valence-electron chi connectivity index (χ3n) is 5.99. The predicted molar refractivity (Wildman–Crippen MR) is 133 cm³/mol. The third kappa shape index (κ3) is 5.19. The van der Waals surface area contributed by atoms with Crippen LogP contribution >= 0.6 is 11.6 Å². The van der Waals surface area contributed by atoms with Gasteiger partial charge in [0.05, 0.1) is 22.0 Å². The second-order valence-electron chi connectivity index (χ2n) is 8.43. The van der Waals surface area contributed by atoms with Crippen molar-refractivity contribution in [2.45, 2.75) is 39.2 Å². The Balaban J connectivity index is 1.47. The number of hydrazine groups is 1. The molecule has 35 heavy (non-hydrogen) atoms. The molecule has 4 rings (SSSR count). The first kappa shape index (κ1) is 24.4. The number of amides is 3. The normalized spacial score (nSPS) is 15.4. The molecule has 0 unspecified atom stereocenters. The van der Waals surface area contributed by atoms with Gasteiger partial charge in [-0.25, -0.2) is 4.68 Å². The van der Waals surface area contributed by atoms with Crippen LogP contribution in [0, 0.1) is 5.92 Å². The van der Waals surface area contributed by atoms with Crippen LogP contribution in [0.15, 0.2) is 53.3 Å². The van der Waals surface area contributed by atoms with E-state index in [-0.39, 0.29) is 30.1 Å². The van der Waals surface area contributed by atoms with E-state index in [2.05, 4.69) is 22.9 Å². The SMILES string of the molecule is CCCCCn1nc(C(=O)NNC(=O)[C@@H]2CC(=O)N(c3ccccc3Cl)C2)c2ccccc2c1=O. The highest BCUT2D eigenvalue weighted by Crippen LogP contribution is 2.31. The molecular formula is C25H26ClN5O4. The predicted octanol–water partition coefficient (Wildman–Crippen LogP) is 3.05. The number of hydrogen-bond acceptors (Lipinski definition) is 5. The number of benzene rings is 2. The summed E-state index contributed by atoms with van der Waals surface area (Å²) in [6, 6.07) is 13.7. The zero-order chi connectivity index (χ0) is 24.9. The molecule has 2 heterocycles. The van der Waals surface area contributed by atoms with Gasteiger partial charge in [-0.3, -0.25) is 30.0 Å². The van der Waals surface area contributed by atoms with E-state index in [1.54, 1.807) is 48.5 Å². The second-order valence-corrected chi connectivity index (χ2v) is 8.84. The van der Waals surface area contributed by atoms with Gasteiger partial charge in [0.15, 0.2) is 5.69 Å². The van der Waals surface area contributed by atoms with E-state index in [0.29, 0.717) is 28.0 Å². The number of carbonyl (C=O) groups excluding carboxylic acids is 3. The first-order chi connectivity index (χ1) is 16.9. The van der Waals surface area contributed by atoms with Crippen molar-refractivity contribution < 1.29 is 14.4 Å². The Morgan fingerprint density at radius 1 is 1.03 bits per heavy atom. The molecule has 10 heteroatoms. The number of fused-ring (bicyclic) bond motifs is 1. The van der Waals surface area contributed by atoms with Crippen LogP contribution in [0.4, 0.5) is 5.69 Å². The van der Waals surface area contributed by atoms with Gasteiger partial charge < -0.3 is 4.90 Å². The molecule has 3 aromatic rings. The van der Waals surface area contributed by atoms with E-state index in [9.17, 15) is 19.2 Å². The van der Waals surface area contributed by atoms with Crippen LogP contribution in [0.2, 0.25) is 5.02 Å². The maximum atomic E-state index is 13.0. The van der Waals surface area contributed by atoms with Crippen molar-refractivity contribution in [2.24, 2.45) is 5.92 Å². The minimum atomic E-state index is -0.660. The molecule has 0 radical (unpaired) electrons. The summed E-state index contributed by atoms with van der Waals surface area (Å²) in [6.07, 6.45) is 2.68. The highest BCUT2D eigenvalue weighted by molar-refractivity contribution is 6.33. The molecule has 1 fully saturated rings. The Morgan fingerprint density at radius 2 is 1.74 bits per heavy atom. The van der Waals surface area contributed by atoms with Gasteiger partial charge in [0.2, 0.25) is 11.8 Å². The first-order valence-electron chi connectivity index (χ1n) is 11.6. The quantitative estimate of drug-likeness (QED) is 0.386. The molecule has 1 saturated heterocycles. The smallest absolute Gasteiger partial charge is 0.290 e. The van der Waals surface area contributed by atoms with Gasteiger partial charge in [-0.05, 0) is 24.6 Å². The fourth-order valence-corrected chi connectivity index (χ4v) is 4.37. The number of para-hydroxylation sites is 1. The number of carbonyl (C=O) groups is 3. The maximum Gasteiger partial charge on any atom is 0.290 e. The topological polar surface area (TPSA) is 113 Å². The maximum absolute atomic E-state index is 13.0. The van der Waals surface area contributed by atoms with Gasteiger partial charge in [-0.15, -0.1) is 0 Å². The molecule has 1 atom stereocenters. The summed E-state index contributed by atoms with van der Waals surface area (Å²) in [6.45, 7) is 2.60. The van der Waals surface area contributed by atoms with Crippen LogP contribution < -0.4 is 21.3 Å². The summed E-state index contributed by atoms with van der Waals surface area (Å²) >= 11 is 6.20. The Morgan fingerprint density at radius 3 is 2.49 bits per heavy atom. The number of aryl methyl sites for hydroxylation is 1. The van der Waals surface area contributed by atoms with Crippen LogP contribution in [0.25, 0.3) is 10.8 Å². The Hall–Kier alpha value is -3.72. The van der Waals surface area contributed by atoms with Crippen molar-refractivity contribution in [1.29, 1.82) is 0 Å². The number of halogens is 1. The Kier molecular flexibility index (Phi) is 7.45. The third-order valence-corrected chi connectivity index (χ3v) is 6.31.